The van der Waals surface area contributed by atoms with Gasteiger partial charge in [0.1, 0.15) is 17.5 Å². The number of aromatic nitrogens is 3. The van der Waals surface area contributed by atoms with Gasteiger partial charge < -0.3 is 10.1 Å². The van der Waals surface area contributed by atoms with Crippen LogP contribution in [0.1, 0.15) is 86.3 Å². The van der Waals surface area contributed by atoms with Crippen LogP contribution >= 0.6 is 0 Å². The summed E-state index contributed by atoms with van der Waals surface area (Å²) in [5.74, 6) is -0.641. The van der Waals surface area contributed by atoms with Crippen molar-refractivity contribution in [2.24, 2.45) is 0 Å². The summed E-state index contributed by atoms with van der Waals surface area (Å²) in [5, 5.41) is 11.1. The first kappa shape index (κ1) is 35.3. The van der Waals surface area contributed by atoms with E-state index in [-0.39, 0.29) is 43.5 Å². The molecule has 1 unspecified atom stereocenters. The van der Waals surface area contributed by atoms with Crippen LogP contribution in [0, 0.1) is 0 Å². The number of hydrogen-bond donors (Lipinski definition) is 1. The van der Waals surface area contributed by atoms with Crippen LogP contribution in [0.5, 0.6) is 0 Å². The molecule has 0 aromatic carbocycles. The lowest BCUT2D eigenvalue weighted by atomic mass is 9.98. The molecule has 15 heteroatoms. The summed E-state index contributed by atoms with van der Waals surface area (Å²) in [7, 11) is -7.33. The zero-order valence-electron chi connectivity index (χ0n) is 25.6. The maximum atomic E-state index is 13.2. The summed E-state index contributed by atoms with van der Waals surface area (Å²) in [6.45, 7) is 13.1. The highest BCUT2D eigenvalue weighted by Gasteiger charge is 2.41. The van der Waals surface area contributed by atoms with Crippen molar-refractivity contribution >= 4 is 31.7 Å². The molecule has 1 aliphatic heterocycles. The Kier molecular flexibility index (Phi) is 12.5. The molecule has 0 aliphatic carbocycles. The third-order valence-corrected chi connectivity index (χ3v) is 11.3. The molecule has 1 aliphatic rings. The Morgan fingerprint density at radius 2 is 1.73 bits per heavy atom. The molecule has 236 valence electrons. The normalized spacial score (nSPS) is 18.0. The van der Waals surface area contributed by atoms with Crippen LogP contribution in [0.4, 0.5) is 0 Å². The van der Waals surface area contributed by atoms with Gasteiger partial charge in [0, 0.05) is 39.1 Å². The van der Waals surface area contributed by atoms with Crippen molar-refractivity contribution in [2.45, 2.75) is 104 Å². The molecular formula is C26H48N6O7S2. The van der Waals surface area contributed by atoms with Gasteiger partial charge in [-0.05, 0) is 53.9 Å². The number of rotatable bonds is 17. The number of sulfonamides is 2. The van der Waals surface area contributed by atoms with E-state index in [0.717, 1.165) is 4.31 Å². The molecule has 13 nitrogen and oxygen atoms in total. The highest BCUT2D eigenvalue weighted by atomic mass is 32.2. The topological polar surface area (TPSA) is 161 Å². The van der Waals surface area contributed by atoms with Crippen LogP contribution in [-0.2, 0) is 46.5 Å². The fraction of sp³-hybridized carbons (Fsp3) is 0.846. The summed E-state index contributed by atoms with van der Waals surface area (Å²) in [6.07, 6.45) is 4.41. The first-order valence-corrected chi connectivity index (χ1v) is 17.5. The average molecular weight is 621 g/mol. The Balaban J connectivity index is 2.03. The molecule has 1 amide bonds. The maximum Gasteiger partial charge on any atom is 0.240 e. The standard InChI is InChI=1S/C26H48N6O7S2/c1-8-17-41(37,38)30-14-15-31(40(35,36)10-3)23(20-30)24(34)27-18-21-19-32(29-28-21)25(4,5)13-16-39-26(6,7)12-11-22(33)9-2/h19,23H,8-18,20H2,1-7H3,(H,27,34). The molecule has 2 rings (SSSR count). The number of amides is 1. The van der Waals surface area contributed by atoms with Gasteiger partial charge in [0.2, 0.25) is 26.0 Å². The molecule has 1 aromatic heterocycles. The van der Waals surface area contributed by atoms with Crippen LogP contribution < -0.4 is 5.32 Å². The predicted molar refractivity (Wildman–Crippen MR) is 156 cm³/mol. The molecule has 1 aromatic rings. The molecule has 41 heavy (non-hydrogen) atoms. The molecule has 0 radical (unpaired) electrons. The first-order chi connectivity index (χ1) is 19.0. The van der Waals surface area contributed by atoms with Gasteiger partial charge in [-0.3, -0.25) is 9.59 Å². The summed E-state index contributed by atoms with van der Waals surface area (Å²) in [5.41, 5.74) is -0.404. The van der Waals surface area contributed by atoms with Gasteiger partial charge in [-0.25, -0.2) is 21.5 Å². The van der Waals surface area contributed by atoms with Crippen molar-refractivity contribution in [3.63, 3.8) is 0 Å². The van der Waals surface area contributed by atoms with E-state index in [1.54, 1.807) is 17.8 Å². The second-order valence-electron chi connectivity index (χ2n) is 11.6. The van der Waals surface area contributed by atoms with Crippen LogP contribution in [0.15, 0.2) is 6.20 Å². The third-order valence-electron chi connectivity index (χ3n) is 7.39. The zero-order chi connectivity index (χ0) is 31.1. The lowest BCUT2D eigenvalue weighted by Gasteiger charge is -2.38. The summed E-state index contributed by atoms with van der Waals surface area (Å²) < 4.78 is 60.7. The monoisotopic (exact) mass is 620 g/mol. The zero-order valence-corrected chi connectivity index (χ0v) is 27.2. The number of nitrogens with zero attached hydrogens (tertiary/aromatic N) is 5. The van der Waals surface area contributed by atoms with Crippen LogP contribution in [0.3, 0.4) is 0 Å². The van der Waals surface area contributed by atoms with E-state index in [2.05, 4.69) is 15.6 Å². The highest BCUT2D eigenvalue weighted by Crippen LogP contribution is 2.23. The minimum atomic E-state index is -3.73. The Morgan fingerprint density at radius 3 is 2.34 bits per heavy atom. The van der Waals surface area contributed by atoms with E-state index in [4.69, 9.17) is 4.74 Å². The Labute approximate surface area is 245 Å². The first-order valence-electron chi connectivity index (χ1n) is 14.3. The highest BCUT2D eigenvalue weighted by molar-refractivity contribution is 7.89. The van der Waals surface area contributed by atoms with Gasteiger partial charge in [-0.1, -0.05) is 19.1 Å². The molecule has 0 spiro atoms. The van der Waals surface area contributed by atoms with Crippen molar-refractivity contribution in [1.29, 1.82) is 0 Å². The molecule has 1 atom stereocenters. The number of ether oxygens (including phenoxy) is 1. The number of hydrogen-bond acceptors (Lipinski definition) is 9. The average Bonchev–Trinajstić information content (AvgIpc) is 3.40. The number of piperazine rings is 1. The summed E-state index contributed by atoms with van der Waals surface area (Å²) in [4.78, 5) is 24.9. The quantitative estimate of drug-likeness (QED) is 0.273. The van der Waals surface area contributed by atoms with E-state index < -0.39 is 43.1 Å². The summed E-state index contributed by atoms with van der Waals surface area (Å²) >= 11 is 0. The Hall–Kier alpha value is -1.94. The van der Waals surface area contributed by atoms with Gasteiger partial charge in [0.25, 0.3) is 0 Å². The van der Waals surface area contributed by atoms with Gasteiger partial charge >= 0.3 is 0 Å². The number of carbonyl (C=O) groups is 2. The SMILES string of the molecule is CCCS(=O)(=O)N1CCN(S(=O)(=O)CC)C(C(=O)NCc2cn(C(C)(C)CCOC(C)(C)CCC(=O)CC)nn2)C1. The molecule has 2 heterocycles. The van der Waals surface area contributed by atoms with Gasteiger partial charge in [-0.2, -0.15) is 8.61 Å². The van der Waals surface area contributed by atoms with E-state index in [9.17, 15) is 26.4 Å². The van der Waals surface area contributed by atoms with E-state index in [1.807, 2.05) is 34.6 Å². The second-order valence-corrected chi connectivity index (χ2v) is 15.9. The number of carbonyl (C=O) groups excluding carboxylic acids is 2. The molecule has 1 saturated heterocycles. The molecule has 1 N–H and O–H groups in total. The molecule has 1 fully saturated rings. The van der Waals surface area contributed by atoms with Crippen molar-refractivity contribution in [3.8, 4) is 0 Å². The number of Topliss-reactive ketones (excluding diaryl/α,β-unsaturated/α-hetero) is 1. The van der Waals surface area contributed by atoms with Crippen molar-refractivity contribution < 1.29 is 31.2 Å². The fourth-order valence-corrected chi connectivity index (χ4v) is 7.19. The van der Waals surface area contributed by atoms with Crippen LogP contribution in [0.2, 0.25) is 0 Å². The fourth-order valence-electron chi connectivity index (χ4n) is 4.45. The van der Waals surface area contributed by atoms with E-state index >= 15 is 0 Å². The van der Waals surface area contributed by atoms with Crippen LogP contribution in [0.25, 0.3) is 0 Å². The van der Waals surface area contributed by atoms with Crippen molar-refractivity contribution in [2.75, 3.05) is 37.7 Å². The predicted octanol–water partition coefficient (Wildman–Crippen LogP) is 1.65. The van der Waals surface area contributed by atoms with Crippen molar-refractivity contribution in [3.05, 3.63) is 11.9 Å². The summed E-state index contributed by atoms with van der Waals surface area (Å²) in [6, 6.07) is -1.18. The largest absolute Gasteiger partial charge is 0.375 e. The van der Waals surface area contributed by atoms with Crippen LogP contribution in [-0.4, -0.2) is 102 Å². The van der Waals surface area contributed by atoms with Gasteiger partial charge in [-0.15, -0.1) is 5.10 Å². The number of nitrogens with one attached hydrogen (secondary N) is 1. The lowest BCUT2D eigenvalue weighted by molar-refractivity contribution is -0.126. The smallest absolute Gasteiger partial charge is 0.240 e. The minimum Gasteiger partial charge on any atom is -0.375 e. The maximum absolute atomic E-state index is 13.2. The minimum absolute atomic E-state index is 0.00211. The van der Waals surface area contributed by atoms with Gasteiger partial charge in [0.15, 0.2) is 0 Å². The number of ketones is 1. The van der Waals surface area contributed by atoms with E-state index in [1.165, 1.54) is 11.2 Å². The van der Waals surface area contributed by atoms with Gasteiger partial charge in [0.05, 0.1) is 35.4 Å². The molecule has 0 bridgehead atoms. The Morgan fingerprint density at radius 1 is 1.05 bits per heavy atom. The third kappa shape index (κ3) is 10.1. The molecule has 0 saturated carbocycles. The van der Waals surface area contributed by atoms with Crippen molar-refractivity contribution in [1.82, 2.24) is 28.9 Å². The molecular weight excluding hydrogens is 572 g/mol. The second kappa shape index (κ2) is 14.5. The van der Waals surface area contributed by atoms with E-state index in [0.29, 0.717) is 44.4 Å². The Bertz CT molecular complexity index is 1240. The lowest BCUT2D eigenvalue weighted by Crippen LogP contribution is -2.61.